The molecule has 0 fully saturated rings. The van der Waals surface area contributed by atoms with E-state index in [0.717, 1.165) is 9.82 Å². The highest BCUT2D eigenvalue weighted by Gasteiger charge is 2.20. The van der Waals surface area contributed by atoms with Crippen molar-refractivity contribution in [3.63, 3.8) is 0 Å². The van der Waals surface area contributed by atoms with Gasteiger partial charge < -0.3 is 19.6 Å². The molecule has 10 nitrogen and oxygen atoms in total. The van der Waals surface area contributed by atoms with Crippen LogP contribution in [0.4, 0.5) is 0 Å². The van der Waals surface area contributed by atoms with Crippen LogP contribution in [0.1, 0.15) is 24.9 Å². The molecule has 3 aromatic rings. The number of sulfonamides is 1. The lowest BCUT2D eigenvalue weighted by Gasteiger charge is -2.13. The number of amides is 2. The molecule has 1 aromatic carbocycles. The van der Waals surface area contributed by atoms with E-state index in [-0.39, 0.29) is 29.7 Å². The summed E-state index contributed by atoms with van der Waals surface area (Å²) < 4.78 is 32.8. The second-order valence-electron chi connectivity index (χ2n) is 7.61. The van der Waals surface area contributed by atoms with Gasteiger partial charge in [-0.1, -0.05) is 0 Å². The van der Waals surface area contributed by atoms with Crippen molar-refractivity contribution >= 4 is 32.9 Å². The monoisotopic (exact) mass is 461 g/mol. The van der Waals surface area contributed by atoms with E-state index in [1.165, 1.54) is 26.4 Å². The van der Waals surface area contributed by atoms with Gasteiger partial charge in [-0.15, -0.1) is 0 Å². The molecular weight excluding hydrogens is 434 g/mol. The molecule has 2 aromatic heterocycles. The Kier molecular flexibility index (Phi) is 6.99. The summed E-state index contributed by atoms with van der Waals surface area (Å²) in [5.41, 5.74) is 1.31. The minimum Gasteiger partial charge on any atom is -0.467 e. The van der Waals surface area contributed by atoms with Crippen LogP contribution in [0.25, 0.3) is 11.0 Å². The van der Waals surface area contributed by atoms with Crippen molar-refractivity contribution < 1.29 is 22.4 Å². The molecule has 172 valence electrons. The van der Waals surface area contributed by atoms with Crippen LogP contribution in [0.3, 0.4) is 0 Å². The van der Waals surface area contributed by atoms with E-state index >= 15 is 0 Å². The Labute approximate surface area is 186 Å². The first-order valence-corrected chi connectivity index (χ1v) is 11.5. The van der Waals surface area contributed by atoms with Crippen LogP contribution in [0.2, 0.25) is 0 Å². The van der Waals surface area contributed by atoms with E-state index in [2.05, 4.69) is 15.6 Å². The molecule has 0 bridgehead atoms. The number of benzene rings is 1. The number of furan rings is 1. The van der Waals surface area contributed by atoms with Crippen LogP contribution in [-0.4, -0.2) is 54.2 Å². The molecule has 11 heteroatoms. The Hall–Kier alpha value is -3.18. The maximum absolute atomic E-state index is 12.4. The summed E-state index contributed by atoms with van der Waals surface area (Å²) in [7, 11) is 1.20. The number of fused-ring (bicyclic) bond motifs is 1. The highest BCUT2D eigenvalue weighted by atomic mass is 32.2. The highest BCUT2D eigenvalue weighted by Crippen LogP contribution is 2.21. The Morgan fingerprint density at radius 2 is 2.00 bits per heavy atom. The first-order valence-electron chi connectivity index (χ1n) is 10.1. The summed E-state index contributed by atoms with van der Waals surface area (Å²) in [6.45, 7) is 1.86. The number of carbonyl (C=O) groups is 2. The lowest BCUT2D eigenvalue weighted by atomic mass is 10.2. The molecular formula is C21H27N5O5S. The number of aryl methyl sites for hydroxylation is 2. The van der Waals surface area contributed by atoms with Gasteiger partial charge in [0.1, 0.15) is 17.6 Å². The van der Waals surface area contributed by atoms with Gasteiger partial charge in [-0.25, -0.2) is 17.7 Å². The van der Waals surface area contributed by atoms with Gasteiger partial charge in [0.2, 0.25) is 21.8 Å². The molecule has 0 saturated heterocycles. The fraction of sp³-hybridized carbons (Fsp3) is 0.381. The average Bonchev–Trinajstić information content (AvgIpc) is 3.38. The number of nitrogens with one attached hydrogen (secondary N) is 2. The molecule has 2 N–H and O–H groups in total. The zero-order valence-corrected chi connectivity index (χ0v) is 19.3. The Bertz CT molecular complexity index is 1210. The van der Waals surface area contributed by atoms with Gasteiger partial charge in [-0.2, -0.15) is 0 Å². The minimum absolute atomic E-state index is 0.135. The smallest absolute Gasteiger partial charge is 0.242 e. The number of carbonyl (C=O) groups excluding carboxylic acids is 2. The van der Waals surface area contributed by atoms with Crippen molar-refractivity contribution in [1.82, 2.24) is 24.5 Å². The molecule has 2 amide bonds. The molecule has 2 heterocycles. The number of hydrogen-bond donors (Lipinski definition) is 2. The maximum Gasteiger partial charge on any atom is 0.242 e. The van der Waals surface area contributed by atoms with Crippen LogP contribution in [-0.2, 0) is 39.6 Å². The Morgan fingerprint density at radius 1 is 1.25 bits per heavy atom. The van der Waals surface area contributed by atoms with Gasteiger partial charge >= 0.3 is 0 Å². The third-order valence-corrected chi connectivity index (χ3v) is 6.90. The van der Waals surface area contributed by atoms with Crippen molar-refractivity contribution in [2.75, 3.05) is 14.1 Å². The molecule has 0 spiro atoms. The van der Waals surface area contributed by atoms with Crippen molar-refractivity contribution in [3.05, 3.63) is 48.2 Å². The molecule has 1 atom stereocenters. The van der Waals surface area contributed by atoms with E-state index in [9.17, 15) is 18.0 Å². The molecule has 1 unspecified atom stereocenters. The van der Waals surface area contributed by atoms with Crippen LogP contribution in [0.5, 0.6) is 0 Å². The molecule has 0 saturated carbocycles. The van der Waals surface area contributed by atoms with E-state index < -0.39 is 16.1 Å². The van der Waals surface area contributed by atoms with Gasteiger partial charge in [-0.3, -0.25) is 9.59 Å². The lowest BCUT2D eigenvalue weighted by molar-refractivity contribution is -0.128. The second-order valence-corrected chi connectivity index (χ2v) is 9.76. The summed E-state index contributed by atoms with van der Waals surface area (Å²) in [6.07, 6.45) is 2.00. The van der Waals surface area contributed by atoms with Gasteiger partial charge in [0.15, 0.2) is 0 Å². The van der Waals surface area contributed by atoms with Crippen LogP contribution in [0, 0.1) is 0 Å². The Morgan fingerprint density at radius 3 is 2.66 bits per heavy atom. The summed E-state index contributed by atoms with van der Waals surface area (Å²) in [4.78, 5) is 29.1. The number of hydrogen-bond acceptors (Lipinski definition) is 6. The van der Waals surface area contributed by atoms with E-state index in [0.29, 0.717) is 23.5 Å². The number of nitrogens with zero attached hydrogens (tertiary/aromatic N) is 3. The lowest BCUT2D eigenvalue weighted by Crippen LogP contribution is -2.44. The van der Waals surface area contributed by atoms with E-state index in [1.54, 1.807) is 31.2 Å². The molecule has 0 radical (unpaired) electrons. The molecule has 32 heavy (non-hydrogen) atoms. The first kappa shape index (κ1) is 23.5. The van der Waals surface area contributed by atoms with Crippen molar-refractivity contribution in [2.24, 2.45) is 7.05 Å². The zero-order chi connectivity index (χ0) is 23.5. The number of imidazole rings is 1. The molecule has 0 aliphatic rings. The number of rotatable bonds is 9. The molecule has 0 aliphatic carbocycles. The van der Waals surface area contributed by atoms with Crippen molar-refractivity contribution in [1.29, 1.82) is 0 Å². The third kappa shape index (κ3) is 5.17. The van der Waals surface area contributed by atoms with Crippen LogP contribution < -0.4 is 10.6 Å². The van der Waals surface area contributed by atoms with Crippen molar-refractivity contribution in [2.45, 2.75) is 37.2 Å². The van der Waals surface area contributed by atoms with Gasteiger partial charge in [0.05, 0.1) is 28.7 Å². The number of aromatic nitrogens is 2. The quantitative estimate of drug-likeness (QED) is 0.493. The predicted molar refractivity (Wildman–Crippen MR) is 118 cm³/mol. The largest absolute Gasteiger partial charge is 0.467 e. The van der Waals surface area contributed by atoms with E-state index in [1.807, 2.05) is 11.6 Å². The summed E-state index contributed by atoms with van der Waals surface area (Å²) in [5, 5.41) is 5.37. The molecule has 3 rings (SSSR count). The summed E-state index contributed by atoms with van der Waals surface area (Å²) in [5.74, 6) is 0.672. The van der Waals surface area contributed by atoms with Gasteiger partial charge in [0, 0.05) is 34.0 Å². The molecule has 0 aliphatic heterocycles. The van der Waals surface area contributed by atoms with Gasteiger partial charge in [-0.05, 0) is 37.3 Å². The summed E-state index contributed by atoms with van der Waals surface area (Å²) >= 11 is 0. The average molecular weight is 462 g/mol. The third-order valence-electron chi connectivity index (χ3n) is 5.09. The van der Waals surface area contributed by atoms with Crippen LogP contribution in [0.15, 0.2) is 45.9 Å². The second kappa shape index (κ2) is 9.53. The maximum atomic E-state index is 12.4. The predicted octanol–water partition coefficient (Wildman–Crippen LogP) is 1.17. The highest BCUT2D eigenvalue weighted by molar-refractivity contribution is 7.89. The van der Waals surface area contributed by atoms with E-state index in [4.69, 9.17) is 4.42 Å². The SMILES string of the molecule is CC(NC(=O)CCc1nc2cc(S(=O)(=O)N(C)C)ccc2n1C)C(=O)NCc1ccco1. The minimum atomic E-state index is -3.56. The normalized spacial score (nSPS) is 12.8. The fourth-order valence-electron chi connectivity index (χ4n) is 3.17. The fourth-order valence-corrected chi connectivity index (χ4v) is 4.09. The van der Waals surface area contributed by atoms with Crippen LogP contribution >= 0.6 is 0 Å². The zero-order valence-electron chi connectivity index (χ0n) is 18.5. The standard InChI is InChI=1S/C21H27N5O5S/c1-14(21(28)22-13-15-6-5-11-31-15)23-20(27)10-9-19-24-17-12-16(32(29,30)25(2)3)7-8-18(17)26(19)4/h5-8,11-12,14H,9-10,13H2,1-4H3,(H,22,28)(H,23,27). The first-order chi connectivity index (χ1) is 15.1. The topological polar surface area (TPSA) is 127 Å². The Balaban J connectivity index is 1.59. The van der Waals surface area contributed by atoms with Gasteiger partial charge in [0.25, 0.3) is 0 Å². The van der Waals surface area contributed by atoms with Crippen molar-refractivity contribution in [3.8, 4) is 0 Å². The summed E-state index contributed by atoms with van der Waals surface area (Å²) in [6, 6.07) is 7.55.